The van der Waals surface area contributed by atoms with Crippen molar-refractivity contribution in [2.24, 2.45) is 0 Å². The fourth-order valence-electron chi connectivity index (χ4n) is 3.82. The van der Waals surface area contributed by atoms with Crippen LogP contribution in [0.25, 0.3) is 11.2 Å². The zero-order valence-corrected chi connectivity index (χ0v) is 30.7. The first-order valence-electron chi connectivity index (χ1n) is 14.9. The molecule has 0 aromatic carbocycles. The minimum absolute atomic E-state index is 0.0403. The van der Waals surface area contributed by atoms with Gasteiger partial charge < -0.3 is 33.2 Å². The highest BCUT2D eigenvalue weighted by Gasteiger charge is 2.40. The van der Waals surface area contributed by atoms with E-state index in [9.17, 15) is 28.8 Å². The molecule has 1 N–H and O–H groups in total. The van der Waals surface area contributed by atoms with Crippen molar-refractivity contribution < 1.29 is 47.8 Å². The molecule has 47 heavy (non-hydrogen) atoms. The first-order chi connectivity index (χ1) is 21.0. The van der Waals surface area contributed by atoms with Crippen LogP contribution in [0.15, 0.2) is 6.33 Å². The molecule has 0 aliphatic carbocycles. The van der Waals surface area contributed by atoms with Crippen LogP contribution in [0.4, 0.5) is 30.9 Å². The molecule has 0 saturated heterocycles. The van der Waals surface area contributed by atoms with Gasteiger partial charge in [-0.1, -0.05) is 0 Å². The minimum atomic E-state index is -2.66. The van der Waals surface area contributed by atoms with E-state index in [4.69, 9.17) is 18.9 Å². The van der Waals surface area contributed by atoms with Crippen LogP contribution in [0.5, 0.6) is 0 Å². The zero-order valence-electron chi connectivity index (χ0n) is 29.8. The Morgan fingerprint density at radius 3 is 1.49 bits per heavy atom. The third-order valence-corrected chi connectivity index (χ3v) is 6.51. The predicted octanol–water partition coefficient (Wildman–Crippen LogP) is 6.16. The number of imidazole rings is 1. The van der Waals surface area contributed by atoms with Gasteiger partial charge in [-0.05, 0) is 96.4 Å². The first kappa shape index (κ1) is 39.4. The molecule has 0 radical (unpaired) electrons. The number of carbonyl (C=O) groups excluding carboxylic acids is 4. The van der Waals surface area contributed by atoms with Crippen LogP contribution >= 0.6 is 7.14 Å². The number of aliphatic hydroxyl groups excluding tert-OH is 1. The highest BCUT2D eigenvalue weighted by molar-refractivity contribution is 7.62. The minimum Gasteiger partial charge on any atom is -0.443 e. The van der Waals surface area contributed by atoms with Crippen molar-refractivity contribution in [3.63, 3.8) is 0 Å². The van der Waals surface area contributed by atoms with E-state index < -0.39 is 71.8 Å². The topological polar surface area (TPSA) is 193 Å². The number of hydrogen-bond donors (Lipinski definition) is 1. The molecule has 264 valence electrons. The van der Waals surface area contributed by atoms with E-state index in [0.29, 0.717) is 9.80 Å². The van der Waals surface area contributed by atoms with Gasteiger partial charge in [0.15, 0.2) is 17.0 Å². The van der Waals surface area contributed by atoms with Crippen LogP contribution in [0.2, 0.25) is 0 Å². The molecule has 4 amide bonds. The lowest BCUT2D eigenvalue weighted by Crippen LogP contribution is -2.46. The van der Waals surface area contributed by atoms with Gasteiger partial charge in [-0.15, -0.1) is 4.90 Å². The highest BCUT2D eigenvalue weighted by atomic mass is 31.2. The first-order valence-corrected chi connectivity index (χ1v) is 17.7. The van der Waals surface area contributed by atoms with Crippen molar-refractivity contribution in [2.75, 3.05) is 29.3 Å². The van der Waals surface area contributed by atoms with Crippen molar-refractivity contribution in [1.82, 2.24) is 19.5 Å². The fourth-order valence-corrected chi connectivity index (χ4v) is 4.95. The maximum Gasteiger partial charge on any atom is 0.427 e. The van der Waals surface area contributed by atoms with Gasteiger partial charge in [0.05, 0.1) is 26.1 Å². The van der Waals surface area contributed by atoms with Crippen molar-refractivity contribution >= 4 is 54.4 Å². The maximum absolute atomic E-state index is 13.6. The van der Waals surface area contributed by atoms with Crippen LogP contribution in [0.1, 0.15) is 83.1 Å². The highest BCUT2D eigenvalue weighted by Crippen LogP contribution is 2.37. The SMILES string of the molecule is CC(C)(C)OC(=O)N(C(=O)OC(C)(C)C)c1nc(N(C(=O)OC(C)(C)C)C(=O)OC(C)(C)C)c2ncn(C[C@@H](O)CP(C)(C)=O)c2n1. The lowest BCUT2D eigenvalue weighted by molar-refractivity contribution is 0.0411. The standard InChI is InChI=1S/C30H49N6O10P/c1-27(2,3)43-23(38)35(24(39)44-28(4,5)6)21-19-20(34(17-31-19)15-18(37)16-47(13,14)42)32-22(33-21)36(25(40)45-29(7,8)9)26(41)46-30(10,11)12/h17-18,37H,15-16H2,1-14H3/t18-/m1/s1. The molecule has 0 aliphatic heterocycles. The van der Waals surface area contributed by atoms with Crippen LogP contribution in [0.3, 0.4) is 0 Å². The Balaban J connectivity index is 3.01. The van der Waals surface area contributed by atoms with E-state index >= 15 is 0 Å². The van der Waals surface area contributed by atoms with Crippen LogP contribution in [-0.2, 0) is 30.1 Å². The summed E-state index contributed by atoms with van der Waals surface area (Å²) >= 11 is 0. The number of fused-ring (bicyclic) bond motifs is 1. The van der Waals surface area contributed by atoms with Gasteiger partial charge >= 0.3 is 24.4 Å². The predicted molar refractivity (Wildman–Crippen MR) is 176 cm³/mol. The molecule has 0 aliphatic rings. The van der Waals surface area contributed by atoms with E-state index in [0.717, 1.165) is 0 Å². The number of ether oxygens (including phenoxy) is 4. The van der Waals surface area contributed by atoms with Gasteiger partial charge in [0.25, 0.3) is 0 Å². The number of aliphatic hydroxyl groups is 1. The third kappa shape index (κ3) is 12.4. The van der Waals surface area contributed by atoms with E-state index in [2.05, 4.69) is 15.0 Å². The summed E-state index contributed by atoms with van der Waals surface area (Å²) in [4.78, 5) is 68.3. The van der Waals surface area contributed by atoms with Gasteiger partial charge in [-0.25, -0.2) is 24.2 Å². The number of rotatable bonds is 6. The van der Waals surface area contributed by atoms with Crippen molar-refractivity contribution in [2.45, 2.75) is 118 Å². The lowest BCUT2D eigenvalue weighted by Gasteiger charge is -2.29. The van der Waals surface area contributed by atoms with E-state index in [1.807, 2.05) is 0 Å². The third-order valence-electron chi connectivity index (χ3n) is 5.21. The van der Waals surface area contributed by atoms with Crippen molar-refractivity contribution in [1.29, 1.82) is 0 Å². The average molecular weight is 685 g/mol. The quantitative estimate of drug-likeness (QED) is 0.269. The second-order valence-corrected chi connectivity index (χ2v) is 18.9. The largest absolute Gasteiger partial charge is 0.443 e. The molecule has 0 saturated carbocycles. The van der Waals surface area contributed by atoms with E-state index in [-0.39, 0.29) is 23.9 Å². The van der Waals surface area contributed by atoms with Crippen LogP contribution < -0.4 is 9.80 Å². The van der Waals surface area contributed by atoms with Crippen molar-refractivity contribution in [3.8, 4) is 0 Å². The Hall–Kier alpha value is -3.78. The maximum atomic E-state index is 13.6. The van der Waals surface area contributed by atoms with Gasteiger partial charge in [0.2, 0.25) is 5.95 Å². The molecule has 17 heteroatoms. The van der Waals surface area contributed by atoms with E-state index in [1.165, 1.54) is 24.2 Å². The van der Waals surface area contributed by atoms with E-state index in [1.54, 1.807) is 83.1 Å². The molecule has 16 nitrogen and oxygen atoms in total. The molecule has 0 unspecified atom stereocenters. The van der Waals surface area contributed by atoms with Gasteiger partial charge in [-0.2, -0.15) is 14.9 Å². The summed E-state index contributed by atoms with van der Waals surface area (Å²) in [6.45, 7) is 21.9. The number of anilines is 2. The molecule has 1 atom stereocenters. The summed E-state index contributed by atoms with van der Waals surface area (Å²) in [6.07, 6.45) is -4.77. The van der Waals surface area contributed by atoms with Gasteiger partial charge in [-0.3, -0.25) is 0 Å². The monoisotopic (exact) mass is 684 g/mol. The smallest absolute Gasteiger partial charge is 0.427 e. The Bertz CT molecular complexity index is 1480. The summed E-state index contributed by atoms with van der Waals surface area (Å²) < 4.78 is 35.8. The summed E-state index contributed by atoms with van der Waals surface area (Å²) in [5.74, 6) is -1.16. The lowest BCUT2D eigenvalue weighted by atomic mass is 10.2. The molecule has 2 heterocycles. The van der Waals surface area contributed by atoms with Gasteiger partial charge in [0, 0.05) is 6.16 Å². The molecule has 2 rings (SSSR count). The molecular formula is C30H49N6O10P. The Morgan fingerprint density at radius 1 is 0.745 bits per heavy atom. The molecular weight excluding hydrogens is 635 g/mol. The Morgan fingerprint density at radius 2 is 1.13 bits per heavy atom. The summed E-state index contributed by atoms with van der Waals surface area (Å²) in [5.41, 5.74) is -4.58. The van der Waals surface area contributed by atoms with Crippen LogP contribution in [0, 0.1) is 0 Å². The molecule has 0 spiro atoms. The zero-order chi connectivity index (χ0) is 36.5. The number of aromatic nitrogens is 4. The number of carbonyl (C=O) groups is 4. The van der Waals surface area contributed by atoms with Gasteiger partial charge in [0.1, 0.15) is 22.4 Å². The molecule has 0 fully saturated rings. The Kier molecular flexibility index (Phi) is 11.5. The van der Waals surface area contributed by atoms with Crippen LogP contribution in [-0.4, -0.2) is 97.0 Å². The number of nitrogens with zero attached hydrogens (tertiary/aromatic N) is 6. The summed E-state index contributed by atoms with van der Waals surface area (Å²) in [7, 11) is -2.66. The number of amides is 4. The molecule has 2 aromatic rings. The number of imide groups is 2. The molecule has 2 aromatic heterocycles. The summed E-state index contributed by atoms with van der Waals surface area (Å²) in [5, 5.41) is 10.8. The normalized spacial score (nSPS) is 13.5. The Labute approximate surface area is 275 Å². The second-order valence-electron chi connectivity index (χ2n) is 15.4. The van der Waals surface area contributed by atoms with Crippen molar-refractivity contribution in [3.05, 3.63) is 6.33 Å². The molecule has 0 bridgehead atoms. The second kappa shape index (κ2) is 13.8. The average Bonchev–Trinajstić information content (AvgIpc) is 3.15. The fraction of sp³-hybridized carbons (Fsp3) is 0.700. The number of hydrogen-bond acceptors (Lipinski definition) is 13. The summed E-state index contributed by atoms with van der Waals surface area (Å²) in [6, 6.07) is 0.